The molecule has 0 unspecified atom stereocenters. The van der Waals surface area contributed by atoms with E-state index in [0.29, 0.717) is 24.2 Å². The summed E-state index contributed by atoms with van der Waals surface area (Å²) in [7, 11) is -3.66. The molecule has 0 bridgehead atoms. The molecule has 2 aliphatic heterocycles. The smallest absolute Gasteiger partial charge is 0.336 e. The fourth-order valence-electron chi connectivity index (χ4n) is 2.88. The lowest BCUT2D eigenvalue weighted by atomic mass is 10.0. The topological polar surface area (TPSA) is 63.7 Å². The van der Waals surface area contributed by atoms with Gasteiger partial charge in [0.05, 0.1) is 16.2 Å². The Labute approximate surface area is 124 Å². The van der Waals surface area contributed by atoms with Gasteiger partial charge in [0.2, 0.25) is 0 Å². The molecule has 2 heterocycles. The van der Waals surface area contributed by atoms with Gasteiger partial charge in [-0.2, -0.15) is 0 Å². The fourth-order valence-corrected chi connectivity index (χ4v) is 4.51. The Morgan fingerprint density at radius 2 is 1.81 bits per heavy atom. The lowest BCUT2D eigenvalue weighted by Crippen LogP contribution is -2.38. The molecule has 0 saturated heterocycles. The van der Waals surface area contributed by atoms with Crippen molar-refractivity contribution >= 4 is 16.0 Å². The van der Waals surface area contributed by atoms with Crippen LogP contribution in [-0.4, -0.2) is 30.8 Å². The number of nitrogens with zero attached hydrogens (tertiary/aromatic N) is 1. The number of hydrogen-bond donors (Lipinski definition) is 0. The zero-order chi connectivity index (χ0) is 15.4. The fraction of sp³-hybridized carbons (Fsp3) is 0.400. The predicted octanol–water partition coefficient (Wildman–Crippen LogP) is 1.98. The number of aryl methyl sites for hydroxylation is 1. The molecule has 2 aliphatic rings. The van der Waals surface area contributed by atoms with E-state index in [1.165, 1.54) is 4.31 Å². The molecule has 0 aromatic heterocycles. The number of ether oxygens (including phenoxy) is 1. The summed E-state index contributed by atoms with van der Waals surface area (Å²) in [5.41, 5.74) is 1.06. The van der Waals surface area contributed by atoms with Crippen LogP contribution in [0.2, 0.25) is 0 Å². The number of hydrogen-bond acceptors (Lipinski definition) is 4. The molecular weight excluding hydrogens is 290 g/mol. The van der Waals surface area contributed by atoms with Crippen molar-refractivity contribution in [3.05, 3.63) is 41.1 Å². The van der Waals surface area contributed by atoms with Crippen molar-refractivity contribution in [1.29, 1.82) is 0 Å². The van der Waals surface area contributed by atoms with Crippen LogP contribution in [0.1, 0.15) is 25.8 Å². The van der Waals surface area contributed by atoms with Gasteiger partial charge in [0.25, 0.3) is 10.0 Å². The highest BCUT2D eigenvalue weighted by Crippen LogP contribution is 2.42. The Kier molecular flexibility index (Phi) is 2.92. The van der Waals surface area contributed by atoms with Gasteiger partial charge in [0.1, 0.15) is 5.60 Å². The van der Waals surface area contributed by atoms with Crippen LogP contribution >= 0.6 is 0 Å². The molecule has 1 aromatic carbocycles. The van der Waals surface area contributed by atoms with Crippen LogP contribution in [0.25, 0.3) is 0 Å². The average molecular weight is 307 g/mol. The standard InChI is InChI=1S/C15H17NO4S/c1-10-4-6-11(7-5-10)21(18,19)16-9-8-12-13(16)15(2,3)20-14(12)17/h4-7H,8-9H2,1-3H3. The van der Waals surface area contributed by atoms with E-state index in [0.717, 1.165) is 5.56 Å². The summed E-state index contributed by atoms with van der Waals surface area (Å²) in [6.07, 6.45) is 0.405. The maximum absolute atomic E-state index is 12.8. The molecule has 0 atom stereocenters. The molecular formula is C15H17NO4S. The van der Waals surface area contributed by atoms with Crippen molar-refractivity contribution in [3.8, 4) is 0 Å². The average Bonchev–Trinajstić information content (AvgIpc) is 2.92. The Bertz CT molecular complexity index is 744. The van der Waals surface area contributed by atoms with Crippen molar-refractivity contribution in [3.63, 3.8) is 0 Å². The molecule has 5 nitrogen and oxygen atoms in total. The number of esters is 1. The normalized spacial score (nSPS) is 20.7. The minimum atomic E-state index is -3.66. The zero-order valence-electron chi connectivity index (χ0n) is 12.2. The minimum absolute atomic E-state index is 0.233. The van der Waals surface area contributed by atoms with E-state index in [1.807, 2.05) is 6.92 Å². The molecule has 21 heavy (non-hydrogen) atoms. The first-order chi connectivity index (χ1) is 9.73. The summed E-state index contributed by atoms with van der Waals surface area (Å²) < 4.78 is 32.2. The molecule has 1 aromatic rings. The SMILES string of the molecule is Cc1ccc(S(=O)(=O)N2CCC3=C2C(C)(C)OC3=O)cc1. The van der Waals surface area contributed by atoms with Gasteiger partial charge in [-0.1, -0.05) is 17.7 Å². The van der Waals surface area contributed by atoms with Crippen LogP contribution in [0.15, 0.2) is 40.4 Å². The quantitative estimate of drug-likeness (QED) is 0.784. The second-order valence-electron chi connectivity index (χ2n) is 5.87. The summed E-state index contributed by atoms with van der Waals surface area (Å²) >= 11 is 0. The number of carbonyl (C=O) groups is 1. The molecule has 0 amide bonds. The Hall–Kier alpha value is -1.82. The predicted molar refractivity (Wildman–Crippen MR) is 76.9 cm³/mol. The summed E-state index contributed by atoms with van der Waals surface area (Å²) in [6, 6.07) is 6.71. The van der Waals surface area contributed by atoms with Crippen molar-refractivity contribution in [1.82, 2.24) is 4.31 Å². The van der Waals surface area contributed by atoms with Crippen LogP contribution in [0, 0.1) is 6.92 Å². The molecule has 0 spiro atoms. The molecule has 0 radical (unpaired) electrons. The molecule has 6 heteroatoms. The monoisotopic (exact) mass is 307 g/mol. The third kappa shape index (κ3) is 2.05. The van der Waals surface area contributed by atoms with Crippen LogP contribution in [0.3, 0.4) is 0 Å². The van der Waals surface area contributed by atoms with E-state index in [9.17, 15) is 13.2 Å². The molecule has 112 valence electrons. The summed E-state index contributed by atoms with van der Waals surface area (Å²) in [6.45, 7) is 5.63. The van der Waals surface area contributed by atoms with E-state index in [1.54, 1.807) is 38.1 Å². The highest BCUT2D eigenvalue weighted by Gasteiger charge is 2.49. The molecule has 0 aliphatic carbocycles. The van der Waals surface area contributed by atoms with Gasteiger partial charge < -0.3 is 4.74 Å². The first-order valence-electron chi connectivity index (χ1n) is 6.80. The molecule has 0 saturated carbocycles. The second-order valence-corrected chi connectivity index (χ2v) is 7.73. The maximum atomic E-state index is 12.8. The second kappa shape index (κ2) is 4.34. The lowest BCUT2D eigenvalue weighted by Gasteiger charge is -2.29. The number of carbonyl (C=O) groups excluding carboxylic acids is 1. The van der Waals surface area contributed by atoms with Gasteiger partial charge in [-0.3, -0.25) is 4.31 Å². The highest BCUT2D eigenvalue weighted by molar-refractivity contribution is 7.89. The van der Waals surface area contributed by atoms with Gasteiger partial charge in [0, 0.05) is 13.0 Å². The third-order valence-corrected chi connectivity index (χ3v) is 5.69. The lowest BCUT2D eigenvalue weighted by molar-refractivity contribution is -0.145. The van der Waals surface area contributed by atoms with Gasteiger partial charge in [-0.15, -0.1) is 0 Å². The van der Waals surface area contributed by atoms with Gasteiger partial charge in [-0.05, 0) is 32.9 Å². The Balaban J connectivity index is 2.07. The Morgan fingerprint density at radius 1 is 1.19 bits per heavy atom. The first-order valence-corrected chi connectivity index (χ1v) is 8.24. The molecule has 0 fully saturated rings. The van der Waals surface area contributed by atoms with E-state index >= 15 is 0 Å². The van der Waals surface area contributed by atoms with E-state index in [2.05, 4.69) is 0 Å². The van der Waals surface area contributed by atoms with Gasteiger partial charge >= 0.3 is 5.97 Å². The summed E-state index contributed by atoms with van der Waals surface area (Å²) in [5.74, 6) is -0.406. The highest BCUT2D eigenvalue weighted by atomic mass is 32.2. The van der Waals surface area contributed by atoms with Gasteiger partial charge in [-0.25, -0.2) is 13.2 Å². The van der Waals surface area contributed by atoms with Crippen LogP contribution in [0.4, 0.5) is 0 Å². The van der Waals surface area contributed by atoms with E-state index < -0.39 is 21.6 Å². The van der Waals surface area contributed by atoms with Crippen LogP contribution in [-0.2, 0) is 19.6 Å². The van der Waals surface area contributed by atoms with E-state index in [-0.39, 0.29) is 4.90 Å². The van der Waals surface area contributed by atoms with E-state index in [4.69, 9.17) is 4.74 Å². The summed E-state index contributed by atoms with van der Waals surface area (Å²) in [5, 5.41) is 0. The third-order valence-electron chi connectivity index (χ3n) is 3.87. The summed E-state index contributed by atoms with van der Waals surface area (Å²) in [4.78, 5) is 12.1. The maximum Gasteiger partial charge on any atom is 0.336 e. The number of rotatable bonds is 2. The molecule has 3 rings (SSSR count). The van der Waals surface area contributed by atoms with Crippen molar-refractivity contribution < 1.29 is 17.9 Å². The van der Waals surface area contributed by atoms with Crippen LogP contribution < -0.4 is 0 Å². The Morgan fingerprint density at radius 3 is 2.43 bits per heavy atom. The first kappa shape index (κ1) is 14.1. The molecule has 0 N–H and O–H groups in total. The van der Waals surface area contributed by atoms with Crippen LogP contribution in [0.5, 0.6) is 0 Å². The number of sulfonamides is 1. The van der Waals surface area contributed by atoms with Crippen molar-refractivity contribution in [2.75, 3.05) is 6.54 Å². The zero-order valence-corrected chi connectivity index (χ0v) is 13.0. The van der Waals surface area contributed by atoms with Crippen molar-refractivity contribution in [2.24, 2.45) is 0 Å². The number of cyclic esters (lactones) is 1. The number of benzene rings is 1. The van der Waals surface area contributed by atoms with Gasteiger partial charge in [0.15, 0.2) is 0 Å². The van der Waals surface area contributed by atoms with Crippen molar-refractivity contribution in [2.45, 2.75) is 37.7 Å². The largest absolute Gasteiger partial charge is 0.450 e. The minimum Gasteiger partial charge on any atom is -0.450 e.